The molecule has 0 aliphatic heterocycles. The van der Waals surface area contributed by atoms with Gasteiger partial charge in [0, 0.05) is 16.9 Å². The molecule has 0 spiro atoms. The molecule has 0 aliphatic rings. The van der Waals surface area contributed by atoms with Gasteiger partial charge in [-0.3, -0.25) is 4.79 Å². The third-order valence-corrected chi connectivity index (χ3v) is 3.84. The lowest BCUT2D eigenvalue weighted by atomic mass is 10.1. The predicted octanol–water partition coefficient (Wildman–Crippen LogP) is 1.84. The Bertz CT molecular complexity index is 377. The van der Waals surface area contributed by atoms with E-state index in [1.54, 1.807) is 17.8 Å². The molecular weight excluding hydrogens is 234 g/mol. The van der Waals surface area contributed by atoms with Crippen LogP contribution in [0.4, 0.5) is 0 Å². The van der Waals surface area contributed by atoms with Crippen molar-refractivity contribution in [3.63, 3.8) is 0 Å². The number of thioether (sulfide) groups is 1. The summed E-state index contributed by atoms with van der Waals surface area (Å²) in [5.74, 6) is -0.0892. The summed E-state index contributed by atoms with van der Waals surface area (Å²) in [6, 6.07) is 7.42. The number of rotatable bonds is 5. The summed E-state index contributed by atoms with van der Waals surface area (Å²) >= 11 is 1.55. The first-order valence-electron chi connectivity index (χ1n) is 5.59. The van der Waals surface area contributed by atoms with E-state index in [4.69, 9.17) is 5.11 Å². The first kappa shape index (κ1) is 14.1. The van der Waals surface area contributed by atoms with Crippen LogP contribution >= 0.6 is 11.8 Å². The van der Waals surface area contributed by atoms with Crippen LogP contribution in [0.3, 0.4) is 0 Å². The van der Waals surface area contributed by atoms with Crippen LogP contribution in [0.5, 0.6) is 0 Å². The summed E-state index contributed by atoms with van der Waals surface area (Å²) < 4.78 is 0. The van der Waals surface area contributed by atoms with E-state index in [-0.39, 0.29) is 23.8 Å². The number of hydrogen-bond donors (Lipinski definition) is 2. The zero-order valence-electron chi connectivity index (χ0n) is 10.4. The number of hydrogen-bond acceptors (Lipinski definition) is 3. The van der Waals surface area contributed by atoms with Gasteiger partial charge in [0.1, 0.15) is 0 Å². The molecule has 1 aromatic carbocycles. The molecule has 0 bridgehead atoms. The highest BCUT2D eigenvalue weighted by Crippen LogP contribution is 2.11. The highest BCUT2D eigenvalue weighted by atomic mass is 32.2. The van der Waals surface area contributed by atoms with Crippen LogP contribution in [0.15, 0.2) is 24.3 Å². The van der Waals surface area contributed by atoms with Gasteiger partial charge in [-0.1, -0.05) is 17.7 Å². The van der Waals surface area contributed by atoms with Crippen molar-refractivity contribution in [2.24, 2.45) is 0 Å². The van der Waals surface area contributed by atoms with Gasteiger partial charge in [-0.05, 0) is 32.2 Å². The van der Waals surface area contributed by atoms with Gasteiger partial charge >= 0.3 is 0 Å². The molecule has 2 N–H and O–H groups in total. The third kappa shape index (κ3) is 4.06. The van der Waals surface area contributed by atoms with Crippen molar-refractivity contribution in [1.82, 2.24) is 5.32 Å². The molecule has 2 atom stereocenters. The molecule has 0 saturated carbocycles. The zero-order chi connectivity index (χ0) is 12.8. The second-order valence-electron chi connectivity index (χ2n) is 4.09. The number of carbonyl (C=O) groups is 1. The van der Waals surface area contributed by atoms with E-state index in [1.807, 2.05) is 38.3 Å². The number of aliphatic hydroxyl groups excluding tert-OH is 1. The van der Waals surface area contributed by atoms with Crippen LogP contribution < -0.4 is 5.32 Å². The minimum atomic E-state index is -0.0892. The molecule has 1 rings (SSSR count). The molecule has 4 heteroatoms. The number of carbonyl (C=O) groups excluding carboxylic acids is 1. The van der Waals surface area contributed by atoms with Gasteiger partial charge in [0.25, 0.3) is 5.91 Å². The number of aryl methyl sites for hydroxylation is 1. The molecule has 3 nitrogen and oxygen atoms in total. The first-order chi connectivity index (χ1) is 8.08. The second kappa shape index (κ2) is 6.67. The standard InChI is InChI=1S/C13H19NO2S/c1-9-5-4-6-11(7-9)13(16)14-10(2)12(8-15)17-3/h4-7,10,12,15H,8H2,1-3H3,(H,14,16). The fourth-order valence-electron chi connectivity index (χ4n) is 1.61. The van der Waals surface area contributed by atoms with Crippen LogP contribution in [-0.2, 0) is 0 Å². The molecule has 1 aromatic rings. The fourth-order valence-corrected chi connectivity index (χ4v) is 2.23. The molecule has 94 valence electrons. The minimum Gasteiger partial charge on any atom is -0.395 e. The van der Waals surface area contributed by atoms with Crippen LogP contribution in [0, 0.1) is 6.92 Å². The lowest BCUT2D eigenvalue weighted by Gasteiger charge is -2.21. The van der Waals surface area contributed by atoms with Crippen molar-refractivity contribution in [3.05, 3.63) is 35.4 Å². The Morgan fingerprint density at radius 2 is 2.24 bits per heavy atom. The van der Waals surface area contributed by atoms with Crippen molar-refractivity contribution in [2.75, 3.05) is 12.9 Å². The van der Waals surface area contributed by atoms with Crippen LogP contribution in [0.1, 0.15) is 22.8 Å². The highest BCUT2D eigenvalue weighted by molar-refractivity contribution is 7.99. The Hall–Kier alpha value is -1.00. The quantitative estimate of drug-likeness (QED) is 0.842. The number of amides is 1. The fraction of sp³-hybridized carbons (Fsp3) is 0.462. The van der Waals surface area contributed by atoms with E-state index in [2.05, 4.69) is 5.32 Å². The van der Waals surface area contributed by atoms with Crippen molar-refractivity contribution < 1.29 is 9.90 Å². The molecule has 0 heterocycles. The first-order valence-corrected chi connectivity index (χ1v) is 6.88. The molecule has 0 saturated heterocycles. The summed E-state index contributed by atoms with van der Waals surface area (Å²) in [5.41, 5.74) is 1.73. The van der Waals surface area contributed by atoms with Gasteiger partial charge in [-0.2, -0.15) is 11.8 Å². The SMILES string of the molecule is CSC(CO)C(C)NC(=O)c1cccc(C)c1. The Balaban J connectivity index is 2.66. The second-order valence-corrected chi connectivity index (χ2v) is 5.17. The van der Waals surface area contributed by atoms with Crippen LogP contribution in [-0.4, -0.2) is 35.2 Å². The van der Waals surface area contributed by atoms with Gasteiger partial charge in [-0.15, -0.1) is 0 Å². The Morgan fingerprint density at radius 3 is 2.76 bits per heavy atom. The molecular formula is C13H19NO2S. The molecule has 0 radical (unpaired) electrons. The Kier molecular flexibility index (Phi) is 5.51. The van der Waals surface area contributed by atoms with Gasteiger partial charge < -0.3 is 10.4 Å². The predicted molar refractivity (Wildman–Crippen MR) is 72.5 cm³/mol. The minimum absolute atomic E-state index is 0.0313. The molecule has 1 amide bonds. The maximum atomic E-state index is 11.9. The summed E-state index contributed by atoms with van der Waals surface area (Å²) in [6.07, 6.45) is 1.93. The van der Waals surface area contributed by atoms with Crippen molar-refractivity contribution >= 4 is 17.7 Å². The molecule has 0 aromatic heterocycles. The number of nitrogens with one attached hydrogen (secondary N) is 1. The summed E-state index contributed by atoms with van der Waals surface area (Å²) in [5, 5.41) is 12.1. The van der Waals surface area contributed by atoms with E-state index in [0.29, 0.717) is 5.56 Å². The topological polar surface area (TPSA) is 49.3 Å². The molecule has 0 aliphatic carbocycles. The molecule has 0 fully saturated rings. The summed E-state index contributed by atoms with van der Waals surface area (Å²) in [7, 11) is 0. The van der Waals surface area contributed by atoms with E-state index >= 15 is 0 Å². The third-order valence-electron chi connectivity index (χ3n) is 2.68. The number of benzene rings is 1. The smallest absolute Gasteiger partial charge is 0.251 e. The van der Waals surface area contributed by atoms with Crippen molar-refractivity contribution in [3.8, 4) is 0 Å². The average Bonchev–Trinajstić information content (AvgIpc) is 2.30. The van der Waals surface area contributed by atoms with Gasteiger partial charge in [0.15, 0.2) is 0 Å². The average molecular weight is 253 g/mol. The lowest BCUT2D eigenvalue weighted by Crippen LogP contribution is -2.41. The lowest BCUT2D eigenvalue weighted by molar-refractivity contribution is 0.0936. The highest BCUT2D eigenvalue weighted by Gasteiger charge is 2.17. The maximum absolute atomic E-state index is 11.9. The largest absolute Gasteiger partial charge is 0.395 e. The van der Waals surface area contributed by atoms with Gasteiger partial charge in [0.05, 0.1) is 6.61 Å². The van der Waals surface area contributed by atoms with E-state index in [1.165, 1.54) is 0 Å². The summed E-state index contributed by atoms with van der Waals surface area (Å²) in [6.45, 7) is 3.93. The number of aliphatic hydroxyl groups is 1. The van der Waals surface area contributed by atoms with Crippen molar-refractivity contribution in [1.29, 1.82) is 0 Å². The van der Waals surface area contributed by atoms with Gasteiger partial charge in [-0.25, -0.2) is 0 Å². The normalized spacial score (nSPS) is 14.1. The van der Waals surface area contributed by atoms with Gasteiger partial charge in [0.2, 0.25) is 0 Å². The maximum Gasteiger partial charge on any atom is 0.251 e. The molecule has 2 unspecified atom stereocenters. The monoisotopic (exact) mass is 253 g/mol. The van der Waals surface area contributed by atoms with E-state index < -0.39 is 0 Å². The molecule has 17 heavy (non-hydrogen) atoms. The van der Waals surface area contributed by atoms with Crippen molar-refractivity contribution in [2.45, 2.75) is 25.1 Å². The van der Waals surface area contributed by atoms with E-state index in [9.17, 15) is 4.79 Å². The van der Waals surface area contributed by atoms with E-state index in [0.717, 1.165) is 5.56 Å². The Morgan fingerprint density at radius 1 is 1.53 bits per heavy atom. The zero-order valence-corrected chi connectivity index (χ0v) is 11.3. The van der Waals surface area contributed by atoms with Crippen LogP contribution in [0.2, 0.25) is 0 Å². The summed E-state index contributed by atoms with van der Waals surface area (Å²) in [4.78, 5) is 11.9. The Labute approximate surface area is 107 Å². The van der Waals surface area contributed by atoms with Crippen LogP contribution in [0.25, 0.3) is 0 Å².